The number of aliphatic hydroxyl groups is 1. The monoisotopic (exact) mass is 180 g/mol. The zero-order chi connectivity index (χ0) is 9.68. The molecule has 72 valence electrons. The maximum Gasteiger partial charge on any atom is 0.119 e. The van der Waals surface area contributed by atoms with Crippen LogP contribution in [0.15, 0.2) is 24.3 Å². The van der Waals surface area contributed by atoms with Crippen molar-refractivity contribution in [1.82, 2.24) is 0 Å². The van der Waals surface area contributed by atoms with E-state index in [0.29, 0.717) is 6.61 Å². The van der Waals surface area contributed by atoms with Gasteiger partial charge in [0.1, 0.15) is 12.4 Å². The first-order valence-electron chi connectivity index (χ1n) is 4.62. The third-order valence-electron chi connectivity index (χ3n) is 1.82. The number of ether oxygens (including phenoxy) is 1. The lowest BCUT2D eigenvalue weighted by Gasteiger charge is -2.08. The Bertz CT molecular complexity index is 239. The van der Waals surface area contributed by atoms with Crippen molar-refractivity contribution < 1.29 is 9.84 Å². The minimum absolute atomic E-state index is 0.353. The predicted molar refractivity (Wildman–Crippen MR) is 53.0 cm³/mol. The second-order valence-corrected chi connectivity index (χ2v) is 3.16. The van der Waals surface area contributed by atoms with E-state index in [9.17, 15) is 0 Å². The van der Waals surface area contributed by atoms with Gasteiger partial charge in [-0.3, -0.25) is 0 Å². The average molecular weight is 180 g/mol. The van der Waals surface area contributed by atoms with Crippen molar-refractivity contribution in [2.24, 2.45) is 0 Å². The van der Waals surface area contributed by atoms with E-state index in [4.69, 9.17) is 9.84 Å². The largest absolute Gasteiger partial charge is 0.491 e. The van der Waals surface area contributed by atoms with Crippen molar-refractivity contribution in [2.45, 2.75) is 26.4 Å². The fourth-order valence-corrected chi connectivity index (χ4v) is 1.04. The Morgan fingerprint density at radius 3 is 2.38 bits per heavy atom. The zero-order valence-electron chi connectivity index (χ0n) is 8.16. The highest BCUT2D eigenvalue weighted by molar-refractivity contribution is 5.27. The molecule has 0 saturated heterocycles. The number of rotatable bonds is 4. The highest BCUT2D eigenvalue weighted by Gasteiger charge is 1.97. The van der Waals surface area contributed by atoms with E-state index >= 15 is 0 Å². The van der Waals surface area contributed by atoms with E-state index in [1.807, 2.05) is 24.3 Å². The molecule has 2 nitrogen and oxygen atoms in total. The van der Waals surface area contributed by atoms with E-state index in [1.54, 1.807) is 6.92 Å². The van der Waals surface area contributed by atoms with Gasteiger partial charge in [0.05, 0.1) is 6.10 Å². The van der Waals surface area contributed by atoms with Gasteiger partial charge in [-0.15, -0.1) is 0 Å². The van der Waals surface area contributed by atoms with Gasteiger partial charge >= 0.3 is 0 Å². The molecule has 1 atom stereocenters. The molecular formula is C11H16O2. The Labute approximate surface area is 79.2 Å². The molecule has 0 amide bonds. The molecule has 2 heteroatoms. The van der Waals surface area contributed by atoms with Crippen molar-refractivity contribution in [1.29, 1.82) is 0 Å². The van der Waals surface area contributed by atoms with Gasteiger partial charge in [0.2, 0.25) is 0 Å². The predicted octanol–water partition coefficient (Wildman–Crippen LogP) is 2.01. The first-order chi connectivity index (χ1) is 6.22. The smallest absolute Gasteiger partial charge is 0.119 e. The lowest BCUT2D eigenvalue weighted by molar-refractivity contribution is 0.122. The molecule has 0 saturated carbocycles. The Hall–Kier alpha value is -1.02. The summed E-state index contributed by atoms with van der Waals surface area (Å²) in [5.41, 5.74) is 1.30. The average Bonchev–Trinajstić information content (AvgIpc) is 2.15. The number of hydrogen-bond donors (Lipinski definition) is 1. The van der Waals surface area contributed by atoms with Crippen LogP contribution in [0.2, 0.25) is 0 Å². The van der Waals surface area contributed by atoms with Crippen LogP contribution in [0.1, 0.15) is 19.4 Å². The third-order valence-corrected chi connectivity index (χ3v) is 1.82. The normalized spacial score (nSPS) is 12.5. The van der Waals surface area contributed by atoms with Crippen LogP contribution >= 0.6 is 0 Å². The van der Waals surface area contributed by atoms with Crippen LogP contribution in [-0.4, -0.2) is 17.8 Å². The van der Waals surface area contributed by atoms with Crippen LogP contribution in [-0.2, 0) is 6.42 Å². The molecule has 0 radical (unpaired) electrons. The van der Waals surface area contributed by atoms with E-state index < -0.39 is 6.10 Å². The summed E-state index contributed by atoms with van der Waals surface area (Å²) in [5.74, 6) is 0.818. The fraction of sp³-hybridized carbons (Fsp3) is 0.455. The number of aliphatic hydroxyl groups excluding tert-OH is 1. The Morgan fingerprint density at radius 1 is 1.31 bits per heavy atom. The quantitative estimate of drug-likeness (QED) is 0.768. The van der Waals surface area contributed by atoms with Gasteiger partial charge in [-0.25, -0.2) is 0 Å². The molecule has 1 rings (SSSR count). The lowest BCUT2D eigenvalue weighted by atomic mass is 10.2. The minimum atomic E-state index is -0.411. The van der Waals surface area contributed by atoms with Gasteiger partial charge in [0.25, 0.3) is 0 Å². The highest BCUT2D eigenvalue weighted by Crippen LogP contribution is 2.12. The molecule has 0 aromatic heterocycles. The standard InChI is InChI=1S/C11H16O2/c1-3-10-4-6-11(7-5-10)13-8-9(2)12/h4-7,9,12H,3,8H2,1-2H3/t9-/m1/s1. The number of aryl methyl sites for hydroxylation is 1. The van der Waals surface area contributed by atoms with E-state index in [-0.39, 0.29) is 0 Å². The first-order valence-corrected chi connectivity index (χ1v) is 4.62. The Morgan fingerprint density at radius 2 is 1.92 bits per heavy atom. The molecule has 1 N–H and O–H groups in total. The molecule has 0 fully saturated rings. The van der Waals surface area contributed by atoms with Gasteiger partial charge < -0.3 is 9.84 Å². The van der Waals surface area contributed by atoms with Crippen LogP contribution in [0, 0.1) is 0 Å². The molecule has 1 aromatic carbocycles. The molecule has 0 aliphatic heterocycles. The molecule has 0 heterocycles. The summed E-state index contributed by atoms with van der Waals surface area (Å²) in [5, 5.41) is 8.99. The molecule has 0 aliphatic rings. The molecule has 1 aromatic rings. The summed E-state index contributed by atoms with van der Waals surface area (Å²) in [6, 6.07) is 7.94. The number of benzene rings is 1. The van der Waals surface area contributed by atoms with Gasteiger partial charge in [-0.1, -0.05) is 19.1 Å². The summed E-state index contributed by atoms with van der Waals surface area (Å²) in [6.07, 6.45) is 0.627. The van der Waals surface area contributed by atoms with Crippen molar-refractivity contribution >= 4 is 0 Å². The topological polar surface area (TPSA) is 29.5 Å². The summed E-state index contributed by atoms with van der Waals surface area (Å²) in [6.45, 7) is 4.18. The molecule has 0 unspecified atom stereocenters. The second-order valence-electron chi connectivity index (χ2n) is 3.16. The third kappa shape index (κ3) is 3.47. The van der Waals surface area contributed by atoms with Gasteiger partial charge in [0, 0.05) is 0 Å². The second kappa shape index (κ2) is 4.87. The van der Waals surface area contributed by atoms with E-state index in [1.165, 1.54) is 5.56 Å². The fourth-order valence-electron chi connectivity index (χ4n) is 1.04. The molecule has 0 spiro atoms. The summed E-state index contributed by atoms with van der Waals surface area (Å²) in [4.78, 5) is 0. The van der Waals surface area contributed by atoms with Crippen LogP contribution in [0.4, 0.5) is 0 Å². The highest BCUT2D eigenvalue weighted by atomic mass is 16.5. The van der Waals surface area contributed by atoms with Crippen molar-refractivity contribution in [2.75, 3.05) is 6.61 Å². The SMILES string of the molecule is CCc1ccc(OC[C@@H](C)O)cc1. The van der Waals surface area contributed by atoms with Gasteiger partial charge in [0.15, 0.2) is 0 Å². The van der Waals surface area contributed by atoms with Crippen LogP contribution in [0.5, 0.6) is 5.75 Å². The van der Waals surface area contributed by atoms with Crippen molar-refractivity contribution in [3.63, 3.8) is 0 Å². The zero-order valence-corrected chi connectivity index (χ0v) is 8.16. The van der Waals surface area contributed by atoms with E-state index in [2.05, 4.69) is 6.92 Å². The molecule has 13 heavy (non-hydrogen) atoms. The van der Waals surface area contributed by atoms with Crippen LogP contribution < -0.4 is 4.74 Å². The number of hydrogen-bond acceptors (Lipinski definition) is 2. The molecule has 0 bridgehead atoms. The maximum absolute atomic E-state index is 8.99. The molecule has 0 aliphatic carbocycles. The summed E-state index contributed by atoms with van der Waals surface area (Å²) >= 11 is 0. The van der Waals surface area contributed by atoms with Crippen molar-refractivity contribution in [3.05, 3.63) is 29.8 Å². The lowest BCUT2D eigenvalue weighted by Crippen LogP contribution is -2.12. The van der Waals surface area contributed by atoms with Gasteiger partial charge in [-0.05, 0) is 31.0 Å². The van der Waals surface area contributed by atoms with Crippen molar-refractivity contribution in [3.8, 4) is 5.75 Å². The maximum atomic E-state index is 8.99. The Kier molecular flexibility index (Phi) is 3.77. The van der Waals surface area contributed by atoms with E-state index in [0.717, 1.165) is 12.2 Å². The van der Waals surface area contributed by atoms with Crippen LogP contribution in [0.25, 0.3) is 0 Å². The van der Waals surface area contributed by atoms with Crippen LogP contribution in [0.3, 0.4) is 0 Å². The first kappa shape index (κ1) is 10.1. The van der Waals surface area contributed by atoms with Gasteiger partial charge in [-0.2, -0.15) is 0 Å². The Balaban J connectivity index is 2.49. The summed E-state index contributed by atoms with van der Waals surface area (Å²) < 4.78 is 5.32. The summed E-state index contributed by atoms with van der Waals surface area (Å²) in [7, 11) is 0. The minimum Gasteiger partial charge on any atom is -0.491 e. The molecular weight excluding hydrogens is 164 g/mol.